The molecule has 0 amide bonds. The van der Waals surface area contributed by atoms with E-state index in [1.807, 2.05) is 26.0 Å². The quantitative estimate of drug-likeness (QED) is 0.885. The highest BCUT2D eigenvalue weighted by molar-refractivity contribution is 5.73. The predicted octanol–water partition coefficient (Wildman–Crippen LogP) is 2.45. The van der Waals surface area contributed by atoms with Gasteiger partial charge in [-0.3, -0.25) is 4.57 Å². The Labute approximate surface area is 99.5 Å². The molecule has 0 aliphatic rings. The van der Waals surface area contributed by atoms with Crippen LogP contribution in [0.5, 0.6) is 0 Å². The van der Waals surface area contributed by atoms with Gasteiger partial charge in [0.15, 0.2) is 5.58 Å². The topological polar surface area (TPSA) is 55.4 Å². The Morgan fingerprint density at radius 3 is 2.82 bits per heavy atom. The molecule has 92 valence electrons. The lowest BCUT2D eigenvalue weighted by Crippen LogP contribution is -2.11. The summed E-state index contributed by atoms with van der Waals surface area (Å²) in [5, 5.41) is 9.89. The van der Waals surface area contributed by atoms with E-state index in [9.17, 15) is 9.90 Å². The van der Waals surface area contributed by atoms with Crippen LogP contribution in [0.15, 0.2) is 27.4 Å². The van der Waals surface area contributed by atoms with Gasteiger partial charge in [0.1, 0.15) is 0 Å². The Kier molecular flexibility index (Phi) is 3.33. The summed E-state index contributed by atoms with van der Waals surface area (Å²) < 4.78 is 6.73. The highest BCUT2D eigenvalue weighted by Crippen LogP contribution is 2.22. The molecule has 4 heteroatoms. The molecule has 1 aromatic carbocycles. The molecule has 0 bridgehead atoms. The number of benzene rings is 1. The van der Waals surface area contributed by atoms with Gasteiger partial charge in [-0.2, -0.15) is 0 Å². The molecular formula is C13H17NO3. The van der Waals surface area contributed by atoms with Crippen molar-refractivity contribution in [3.63, 3.8) is 0 Å². The first-order chi connectivity index (χ1) is 8.17. The van der Waals surface area contributed by atoms with Crippen LogP contribution in [0.1, 0.15) is 38.4 Å². The zero-order valence-corrected chi connectivity index (χ0v) is 10.1. The van der Waals surface area contributed by atoms with E-state index in [0.717, 1.165) is 17.5 Å². The first kappa shape index (κ1) is 11.9. The number of aromatic nitrogens is 1. The summed E-state index contributed by atoms with van der Waals surface area (Å²) in [7, 11) is 0. The fraction of sp³-hybridized carbons (Fsp3) is 0.462. The summed E-state index contributed by atoms with van der Waals surface area (Å²) in [6.07, 6.45) is 1.14. The van der Waals surface area contributed by atoms with E-state index < -0.39 is 6.10 Å². The molecule has 2 aromatic rings. The third kappa shape index (κ3) is 2.13. The van der Waals surface area contributed by atoms with Gasteiger partial charge in [0.25, 0.3) is 0 Å². The number of aliphatic hydroxyl groups excluding tert-OH is 1. The average Bonchev–Trinajstić information content (AvgIpc) is 2.63. The van der Waals surface area contributed by atoms with Gasteiger partial charge >= 0.3 is 5.76 Å². The minimum absolute atomic E-state index is 0.343. The van der Waals surface area contributed by atoms with Crippen molar-refractivity contribution in [3.05, 3.63) is 34.3 Å². The van der Waals surface area contributed by atoms with Gasteiger partial charge in [-0.25, -0.2) is 4.79 Å². The molecule has 0 radical (unpaired) electrons. The van der Waals surface area contributed by atoms with Crippen molar-refractivity contribution in [2.24, 2.45) is 0 Å². The fourth-order valence-electron chi connectivity index (χ4n) is 2.03. The number of fused-ring (bicyclic) bond motifs is 1. The molecular weight excluding hydrogens is 218 g/mol. The summed E-state index contributed by atoms with van der Waals surface area (Å²) in [6.45, 7) is 4.51. The van der Waals surface area contributed by atoms with Crippen molar-refractivity contribution in [1.29, 1.82) is 0 Å². The van der Waals surface area contributed by atoms with Gasteiger partial charge < -0.3 is 9.52 Å². The van der Waals surface area contributed by atoms with Crippen LogP contribution in [0.4, 0.5) is 0 Å². The number of nitrogens with zero attached hydrogens (tertiary/aromatic N) is 1. The van der Waals surface area contributed by atoms with Crippen LogP contribution in [0.25, 0.3) is 11.1 Å². The van der Waals surface area contributed by atoms with Gasteiger partial charge in [0, 0.05) is 6.54 Å². The van der Waals surface area contributed by atoms with Crippen LogP contribution in [-0.2, 0) is 6.54 Å². The lowest BCUT2D eigenvalue weighted by atomic mass is 10.1. The zero-order chi connectivity index (χ0) is 12.4. The number of oxazole rings is 1. The molecule has 0 saturated heterocycles. The molecule has 1 atom stereocenters. The van der Waals surface area contributed by atoms with Crippen molar-refractivity contribution in [2.75, 3.05) is 0 Å². The third-order valence-corrected chi connectivity index (χ3v) is 2.96. The van der Waals surface area contributed by atoms with E-state index in [4.69, 9.17) is 4.42 Å². The summed E-state index contributed by atoms with van der Waals surface area (Å²) in [6, 6.07) is 5.44. The van der Waals surface area contributed by atoms with E-state index in [1.54, 1.807) is 10.6 Å². The second-order valence-electron chi connectivity index (χ2n) is 4.14. The van der Waals surface area contributed by atoms with Gasteiger partial charge in [-0.15, -0.1) is 0 Å². The van der Waals surface area contributed by atoms with E-state index in [-0.39, 0.29) is 5.76 Å². The van der Waals surface area contributed by atoms with Crippen molar-refractivity contribution < 1.29 is 9.52 Å². The van der Waals surface area contributed by atoms with Crippen molar-refractivity contribution >= 4 is 11.1 Å². The molecule has 4 nitrogen and oxygen atoms in total. The maximum atomic E-state index is 11.5. The highest BCUT2D eigenvalue weighted by atomic mass is 16.4. The molecule has 0 saturated carbocycles. The number of hydrogen-bond acceptors (Lipinski definition) is 3. The van der Waals surface area contributed by atoms with Crippen LogP contribution >= 0.6 is 0 Å². The first-order valence-corrected chi connectivity index (χ1v) is 5.98. The Balaban J connectivity index is 2.48. The molecule has 1 aromatic heterocycles. The number of aryl methyl sites for hydroxylation is 1. The fourth-order valence-corrected chi connectivity index (χ4v) is 2.03. The average molecular weight is 235 g/mol. The van der Waals surface area contributed by atoms with E-state index >= 15 is 0 Å². The van der Waals surface area contributed by atoms with Crippen molar-refractivity contribution in [1.82, 2.24) is 4.57 Å². The second-order valence-corrected chi connectivity index (χ2v) is 4.14. The zero-order valence-electron chi connectivity index (χ0n) is 10.1. The molecule has 1 unspecified atom stereocenters. The van der Waals surface area contributed by atoms with E-state index in [1.165, 1.54) is 0 Å². The van der Waals surface area contributed by atoms with E-state index in [0.29, 0.717) is 18.5 Å². The van der Waals surface area contributed by atoms with Crippen LogP contribution in [-0.4, -0.2) is 9.67 Å². The molecule has 0 aliphatic carbocycles. The Morgan fingerprint density at radius 2 is 2.18 bits per heavy atom. The minimum atomic E-state index is -0.486. The summed E-state index contributed by atoms with van der Waals surface area (Å²) >= 11 is 0. The van der Waals surface area contributed by atoms with Crippen LogP contribution < -0.4 is 5.76 Å². The maximum absolute atomic E-state index is 11.5. The lowest BCUT2D eigenvalue weighted by molar-refractivity contribution is 0.166. The third-order valence-electron chi connectivity index (χ3n) is 2.96. The van der Waals surface area contributed by atoms with Crippen LogP contribution in [0, 0.1) is 0 Å². The first-order valence-electron chi connectivity index (χ1n) is 5.98. The highest BCUT2D eigenvalue weighted by Gasteiger charge is 2.11. The number of rotatable bonds is 4. The van der Waals surface area contributed by atoms with E-state index in [2.05, 4.69) is 0 Å². The van der Waals surface area contributed by atoms with Crippen molar-refractivity contribution in [2.45, 2.75) is 39.3 Å². The molecule has 17 heavy (non-hydrogen) atoms. The maximum Gasteiger partial charge on any atom is 0.419 e. The molecule has 0 aliphatic heterocycles. The van der Waals surface area contributed by atoms with Gasteiger partial charge in [-0.1, -0.05) is 19.4 Å². The molecule has 1 N–H and O–H groups in total. The molecule has 1 heterocycles. The molecule has 0 fully saturated rings. The summed E-state index contributed by atoms with van der Waals surface area (Å²) in [5.41, 5.74) is 2.13. The second kappa shape index (κ2) is 4.75. The monoisotopic (exact) mass is 235 g/mol. The standard InChI is InChI=1S/C13H17NO3/c1-3-5-11(15)9-6-7-10-12(8-9)17-13(16)14(10)4-2/h6-8,11,15H,3-5H2,1-2H3. The Hall–Kier alpha value is -1.55. The normalized spacial score (nSPS) is 13.1. The Bertz CT molecular complexity index is 568. The van der Waals surface area contributed by atoms with Gasteiger partial charge in [-0.05, 0) is 31.0 Å². The predicted molar refractivity (Wildman–Crippen MR) is 66.0 cm³/mol. The summed E-state index contributed by atoms with van der Waals surface area (Å²) in [5.74, 6) is -0.343. The number of hydrogen-bond donors (Lipinski definition) is 1. The SMILES string of the molecule is CCCC(O)c1ccc2c(c1)oc(=O)n2CC. The smallest absolute Gasteiger partial charge is 0.408 e. The summed E-state index contributed by atoms with van der Waals surface area (Å²) in [4.78, 5) is 11.5. The van der Waals surface area contributed by atoms with Crippen LogP contribution in [0.2, 0.25) is 0 Å². The molecule has 2 rings (SSSR count). The van der Waals surface area contributed by atoms with Crippen molar-refractivity contribution in [3.8, 4) is 0 Å². The Morgan fingerprint density at radius 1 is 1.41 bits per heavy atom. The van der Waals surface area contributed by atoms with Gasteiger partial charge in [0.05, 0.1) is 11.6 Å². The lowest BCUT2D eigenvalue weighted by Gasteiger charge is -2.08. The van der Waals surface area contributed by atoms with Gasteiger partial charge in [0.2, 0.25) is 0 Å². The molecule has 0 spiro atoms. The largest absolute Gasteiger partial charge is 0.419 e. The van der Waals surface area contributed by atoms with Crippen LogP contribution in [0.3, 0.4) is 0 Å². The number of aliphatic hydroxyl groups is 1. The minimum Gasteiger partial charge on any atom is -0.408 e.